The van der Waals surface area contributed by atoms with Crippen LogP contribution in [0.15, 0.2) is 24.7 Å². The zero-order chi connectivity index (χ0) is 13.1. The second-order valence-electron chi connectivity index (χ2n) is 4.18. The van der Waals surface area contributed by atoms with E-state index in [4.69, 9.17) is 4.74 Å². The van der Waals surface area contributed by atoms with Crippen molar-refractivity contribution in [1.29, 1.82) is 0 Å². The number of H-pyrrole nitrogens is 1. The minimum Gasteiger partial charge on any atom is -0.471 e. The number of aromatic nitrogens is 5. The molecule has 19 heavy (non-hydrogen) atoms. The Morgan fingerprint density at radius 1 is 1.53 bits per heavy atom. The normalized spacial score (nSPS) is 18.5. The second kappa shape index (κ2) is 5.01. The van der Waals surface area contributed by atoms with Gasteiger partial charge in [-0.25, -0.2) is 4.98 Å². The van der Waals surface area contributed by atoms with Crippen LogP contribution in [0, 0.1) is 0 Å². The summed E-state index contributed by atoms with van der Waals surface area (Å²) in [5, 5.41) is 13.8. The molecule has 1 fully saturated rings. The fourth-order valence-corrected chi connectivity index (χ4v) is 1.99. The molecular weight excluding hydrogens is 248 g/mol. The Morgan fingerprint density at radius 2 is 2.47 bits per heavy atom. The highest BCUT2D eigenvalue weighted by Crippen LogP contribution is 2.16. The summed E-state index contributed by atoms with van der Waals surface area (Å²) in [6.45, 7) is 1.14. The number of aromatic amines is 1. The monoisotopic (exact) mass is 260 g/mol. The number of hydrogen-bond acceptors (Lipinski definition) is 6. The average Bonchev–Trinajstić information content (AvgIpc) is 3.10. The maximum atomic E-state index is 12.0. The lowest BCUT2D eigenvalue weighted by Gasteiger charge is -2.15. The van der Waals surface area contributed by atoms with Gasteiger partial charge < -0.3 is 9.64 Å². The Hall–Kier alpha value is -2.51. The molecule has 0 aromatic carbocycles. The standard InChI is InChI=1S/C11H12N6O2/c18-11(10-12-7-14-16-10)17-5-3-8(6-17)19-9-2-1-4-13-15-9/h1-2,4,7-8H,3,5-6H2,(H,12,14,16). The molecule has 1 aliphatic rings. The largest absolute Gasteiger partial charge is 0.471 e. The lowest BCUT2D eigenvalue weighted by atomic mass is 10.3. The molecule has 3 rings (SSSR count). The number of likely N-dealkylation sites (tertiary alicyclic amines) is 1. The van der Waals surface area contributed by atoms with Gasteiger partial charge in [-0.1, -0.05) is 0 Å². The van der Waals surface area contributed by atoms with Gasteiger partial charge in [0.15, 0.2) is 0 Å². The van der Waals surface area contributed by atoms with Gasteiger partial charge in [0.2, 0.25) is 11.7 Å². The molecule has 1 saturated heterocycles. The molecule has 3 heterocycles. The predicted molar refractivity (Wildman–Crippen MR) is 63.4 cm³/mol. The van der Waals surface area contributed by atoms with Crippen LogP contribution in [-0.2, 0) is 0 Å². The zero-order valence-electron chi connectivity index (χ0n) is 10.1. The molecule has 0 spiro atoms. The summed E-state index contributed by atoms with van der Waals surface area (Å²) in [6.07, 6.45) is 3.60. The van der Waals surface area contributed by atoms with E-state index in [2.05, 4.69) is 25.4 Å². The van der Waals surface area contributed by atoms with Gasteiger partial charge in [0, 0.05) is 25.2 Å². The van der Waals surface area contributed by atoms with E-state index < -0.39 is 0 Å². The average molecular weight is 260 g/mol. The summed E-state index contributed by atoms with van der Waals surface area (Å²) < 4.78 is 5.66. The van der Waals surface area contributed by atoms with E-state index in [1.165, 1.54) is 6.33 Å². The maximum absolute atomic E-state index is 12.0. The Morgan fingerprint density at radius 3 is 3.21 bits per heavy atom. The quantitative estimate of drug-likeness (QED) is 0.827. The summed E-state index contributed by atoms with van der Waals surface area (Å²) in [5.74, 6) is 0.560. The summed E-state index contributed by atoms with van der Waals surface area (Å²) in [4.78, 5) is 17.5. The van der Waals surface area contributed by atoms with Crippen LogP contribution < -0.4 is 4.74 Å². The molecule has 1 unspecified atom stereocenters. The molecule has 0 bridgehead atoms. The molecule has 8 nitrogen and oxygen atoms in total. The number of amides is 1. The number of carbonyl (C=O) groups excluding carboxylic acids is 1. The fourth-order valence-electron chi connectivity index (χ4n) is 1.99. The molecule has 1 aliphatic heterocycles. The van der Waals surface area contributed by atoms with Crippen LogP contribution in [0.5, 0.6) is 5.88 Å². The van der Waals surface area contributed by atoms with Crippen LogP contribution in [0.3, 0.4) is 0 Å². The van der Waals surface area contributed by atoms with Crippen molar-refractivity contribution in [3.63, 3.8) is 0 Å². The first kappa shape index (κ1) is 11.6. The SMILES string of the molecule is O=C(c1ncn[nH]1)N1CCC(Oc2cccnn2)C1. The van der Waals surface area contributed by atoms with E-state index >= 15 is 0 Å². The number of ether oxygens (including phenoxy) is 1. The van der Waals surface area contributed by atoms with Gasteiger partial charge in [-0.3, -0.25) is 9.89 Å². The first-order valence-corrected chi connectivity index (χ1v) is 5.92. The first-order chi connectivity index (χ1) is 9.33. The fraction of sp³-hybridized carbons (Fsp3) is 0.364. The van der Waals surface area contributed by atoms with Crippen molar-refractivity contribution in [3.05, 3.63) is 30.5 Å². The van der Waals surface area contributed by atoms with E-state index in [1.807, 2.05) is 0 Å². The van der Waals surface area contributed by atoms with E-state index in [9.17, 15) is 4.79 Å². The third kappa shape index (κ3) is 2.51. The molecule has 0 radical (unpaired) electrons. The van der Waals surface area contributed by atoms with Crippen molar-refractivity contribution in [1.82, 2.24) is 30.3 Å². The number of carbonyl (C=O) groups is 1. The molecule has 2 aromatic heterocycles. The van der Waals surface area contributed by atoms with Gasteiger partial charge in [0.05, 0.1) is 6.54 Å². The molecule has 1 N–H and O–H groups in total. The van der Waals surface area contributed by atoms with Crippen molar-refractivity contribution >= 4 is 5.91 Å². The Labute approximate surface area is 108 Å². The zero-order valence-corrected chi connectivity index (χ0v) is 10.1. The van der Waals surface area contributed by atoms with Gasteiger partial charge >= 0.3 is 0 Å². The predicted octanol–water partition coefficient (Wildman–Crippen LogP) is -0.112. The highest BCUT2D eigenvalue weighted by Gasteiger charge is 2.29. The first-order valence-electron chi connectivity index (χ1n) is 5.92. The Kier molecular flexibility index (Phi) is 3.05. The van der Waals surface area contributed by atoms with E-state index in [0.717, 1.165) is 6.42 Å². The highest BCUT2D eigenvalue weighted by atomic mass is 16.5. The third-order valence-corrected chi connectivity index (χ3v) is 2.89. The number of rotatable bonds is 3. The summed E-state index contributed by atoms with van der Waals surface area (Å²) >= 11 is 0. The molecule has 8 heteroatoms. The number of nitrogens with one attached hydrogen (secondary N) is 1. The van der Waals surface area contributed by atoms with Crippen LogP contribution in [-0.4, -0.2) is 55.4 Å². The smallest absolute Gasteiger partial charge is 0.291 e. The van der Waals surface area contributed by atoms with Crippen molar-refractivity contribution in [2.24, 2.45) is 0 Å². The second-order valence-corrected chi connectivity index (χ2v) is 4.18. The number of nitrogens with zero attached hydrogens (tertiary/aromatic N) is 5. The van der Waals surface area contributed by atoms with Crippen molar-refractivity contribution in [2.45, 2.75) is 12.5 Å². The molecule has 98 valence electrons. The van der Waals surface area contributed by atoms with Crippen LogP contribution in [0.1, 0.15) is 17.0 Å². The van der Waals surface area contributed by atoms with Gasteiger partial charge in [-0.05, 0) is 6.07 Å². The van der Waals surface area contributed by atoms with Gasteiger partial charge in [-0.2, -0.15) is 10.2 Å². The van der Waals surface area contributed by atoms with Gasteiger partial charge in [0.1, 0.15) is 12.4 Å². The summed E-state index contributed by atoms with van der Waals surface area (Å²) in [6, 6.07) is 3.50. The van der Waals surface area contributed by atoms with Gasteiger partial charge in [0.25, 0.3) is 5.91 Å². The molecule has 0 saturated carbocycles. The molecule has 2 aromatic rings. The van der Waals surface area contributed by atoms with Crippen molar-refractivity contribution in [3.8, 4) is 5.88 Å². The Balaban J connectivity index is 1.60. The minimum absolute atomic E-state index is 0.0661. The van der Waals surface area contributed by atoms with E-state index in [0.29, 0.717) is 19.0 Å². The lowest BCUT2D eigenvalue weighted by molar-refractivity contribution is 0.0759. The molecule has 1 atom stereocenters. The van der Waals surface area contributed by atoms with Crippen LogP contribution in [0.2, 0.25) is 0 Å². The van der Waals surface area contributed by atoms with E-state index in [-0.39, 0.29) is 17.8 Å². The molecular formula is C11H12N6O2. The third-order valence-electron chi connectivity index (χ3n) is 2.89. The topological polar surface area (TPSA) is 96.9 Å². The maximum Gasteiger partial charge on any atom is 0.291 e. The lowest BCUT2D eigenvalue weighted by Crippen LogP contribution is -2.31. The van der Waals surface area contributed by atoms with Crippen molar-refractivity contribution < 1.29 is 9.53 Å². The number of hydrogen-bond donors (Lipinski definition) is 1. The van der Waals surface area contributed by atoms with Crippen molar-refractivity contribution in [2.75, 3.05) is 13.1 Å². The van der Waals surface area contributed by atoms with Gasteiger partial charge in [-0.15, -0.1) is 5.10 Å². The highest BCUT2D eigenvalue weighted by molar-refractivity contribution is 5.90. The van der Waals surface area contributed by atoms with Crippen LogP contribution in [0.4, 0.5) is 0 Å². The van der Waals surface area contributed by atoms with Crippen LogP contribution >= 0.6 is 0 Å². The van der Waals surface area contributed by atoms with Crippen LogP contribution in [0.25, 0.3) is 0 Å². The van der Waals surface area contributed by atoms with E-state index in [1.54, 1.807) is 23.2 Å². The summed E-state index contributed by atoms with van der Waals surface area (Å²) in [7, 11) is 0. The minimum atomic E-state index is -0.164. The summed E-state index contributed by atoms with van der Waals surface area (Å²) in [5.41, 5.74) is 0. The molecule has 1 amide bonds. The Bertz CT molecular complexity index is 544. The molecule has 0 aliphatic carbocycles.